The number of fused-ring (bicyclic) bond motifs is 1. The maximum atomic E-state index is 12.5. The van der Waals surface area contributed by atoms with Crippen LogP contribution in [0, 0.1) is 6.92 Å². The summed E-state index contributed by atoms with van der Waals surface area (Å²) in [4.78, 5) is 28.7. The molecule has 2 heterocycles. The molecule has 22 heavy (non-hydrogen) atoms. The summed E-state index contributed by atoms with van der Waals surface area (Å²) in [5.74, 6) is -0.0825. The van der Waals surface area contributed by atoms with Gasteiger partial charge in [0, 0.05) is 17.8 Å². The van der Waals surface area contributed by atoms with Gasteiger partial charge >= 0.3 is 0 Å². The number of aryl methyl sites for hydroxylation is 2. The Kier molecular flexibility index (Phi) is 3.46. The van der Waals surface area contributed by atoms with Crippen LogP contribution in [-0.2, 0) is 7.05 Å². The van der Waals surface area contributed by atoms with Crippen LogP contribution in [0.5, 0.6) is 0 Å². The molecule has 112 valence electrons. The van der Waals surface area contributed by atoms with Gasteiger partial charge in [0.2, 0.25) is 5.71 Å². The second kappa shape index (κ2) is 5.31. The third kappa shape index (κ3) is 2.37. The molecule has 0 fully saturated rings. The average Bonchev–Trinajstić information content (AvgIpc) is 2.82. The normalized spacial score (nSPS) is 10.9. The highest BCUT2D eigenvalue weighted by molar-refractivity contribution is 6.30. The molecule has 1 N–H and O–H groups in total. The van der Waals surface area contributed by atoms with E-state index in [0.717, 1.165) is 0 Å². The molecule has 0 atom stereocenters. The van der Waals surface area contributed by atoms with Crippen molar-refractivity contribution >= 4 is 34.3 Å². The Bertz CT molecular complexity index is 926. The molecular formula is C15H12ClN3O3. The maximum absolute atomic E-state index is 12.5. The number of halogens is 1. The summed E-state index contributed by atoms with van der Waals surface area (Å²) in [5, 5.41) is 3.46. The lowest BCUT2D eigenvalue weighted by atomic mass is 10.1. The number of benzene rings is 1. The molecule has 1 aromatic carbocycles. The summed E-state index contributed by atoms with van der Waals surface area (Å²) in [6.45, 7) is 1.62. The predicted molar refractivity (Wildman–Crippen MR) is 83.4 cm³/mol. The second-order valence-corrected chi connectivity index (χ2v) is 5.27. The van der Waals surface area contributed by atoms with Crippen molar-refractivity contribution in [3.63, 3.8) is 0 Å². The van der Waals surface area contributed by atoms with Crippen molar-refractivity contribution in [3.05, 3.63) is 57.3 Å². The first-order valence-electron chi connectivity index (χ1n) is 6.49. The Labute approximate surface area is 130 Å². The van der Waals surface area contributed by atoms with E-state index in [1.165, 1.54) is 10.9 Å². The molecule has 0 saturated heterocycles. The van der Waals surface area contributed by atoms with Crippen LogP contribution in [0.4, 0.5) is 5.69 Å². The van der Waals surface area contributed by atoms with Crippen molar-refractivity contribution in [2.45, 2.75) is 6.92 Å². The Morgan fingerprint density at radius 1 is 1.32 bits per heavy atom. The summed E-state index contributed by atoms with van der Waals surface area (Å²) in [5.41, 5.74) is 0.590. The molecule has 0 aliphatic carbocycles. The van der Waals surface area contributed by atoms with Crippen molar-refractivity contribution in [2.75, 3.05) is 5.32 Å². The molecule has 6 nitrogen and oxygen atoms in total. The number of carbonyl (C=O) groups is 1. The zero-order valence-corrected chi connectivity index (χ0v) is 12.6. The van der Waals surface area contributed by atoms with Gasteiger partial charge in [0.1, 0.15) is 17.5 Å². The van der Waals surface area contributed by atoms with Crippen LogP contribution in [-0.4, -0.2) is 15.5 Å². The van der Waals surface area contributed by atoms with Gasteiger partial charge in [0.25, 0.3) is 11.5 Å². The quantitative estimate of drug-likeness (QED) is 0.788. The maximum Gasteiger partial charge on any atom is 0.265 e. The molecule has 0 radical (unpaired) electrons. The molecule has 0 saturated carbocycles. The van der Waals surface area contributed by atoms with Gasteiger partial charge in [-0.1, -0.05) is 11.6 Å². The Hall–Kier alpha value is -2.60. The van der Waals surface area contributed by atoms with E-state index < -0.39 is 5.91 Å². The summed E-state index contributed by atoms with van der Waals surface area (Å²) in [6, 6.07) is 6.68. The lowest BCUT2D eigenvalue weighted by Crippen LogP contribution is -2.20. The van der Waals surface area contributed by atoms with Crippen molar-refractivity contribution in [1.82, 2.24) is 9.55 Å². The van der Waals surface area contributed by atoms with Crippen LogP contribution in [0.1, 0.15) is 16.1 Å². The number of furan rings is 1. The Balaban J connectivity index is 2.07. The highest BCUT2D eigenvalue weighted by Crippen LogP contribution is 2.22. The minimum Gasteiger partial charge on any atom is -0.442 e. The molecule has 0 unspecified atom stereocenters. The Morgan fingerprint density at radius 2 is 2.00 bits per heavy atom. The van der Waals surface area contributed by atoms with Crippen LogP contribution in [0.3, 0.4) is 0 Å². The fourth-order valence-electron chi connectivity index (χ4n) is 2.19. The summed E-state index contributed by atoms with van der Waals surface area (Å²) >= 11 is 5.81. The van der Waals surface area contributed by atoms with Gasteiger partial charge in [-0.2, -0.15) is 0 Å². The number of hydrogen-bond acceptors (Lipinski definition) is 4. The van der Waals surface area contributed by atoms with Crippen molar-refractivity contribution < 1.29 is 9.21 Å². The van der Waals surface area contributed by atoms with Crippen LogP contribution in [0.2, 0.25) is 5.02 Å². The van der Waals surface area contributed by atoms with E-state index in [1.54, 1.807) is 38.2 Å². The molecule has 2 aromatic heterocycles. The number of aromatic nitrogens is 2. The minimum atomic E-state index is -0.427. The number of nitrogens with zero attached hydrogens (tertiary/aromatic N) is 2. The number of hydrogen-bond donors (Lipinski definition) is 1. The Morgan fingerprint density at radius 3 is 2.68 bits per heavy atom. The largest absolute Gasteiger partial charge is 0.442 e. The SMILES string of the molecule is Cc1oc2ncn(C)c(=O)c2c1C(=O)Nc1ccc(Cl)cc1. The number of amides is 1. The highest BCUT2D eigenvalue weighted by atomic mass is 35.5. The first-order valence-corrected chi connectivity index (χ1v) is 6.87. The monoisotopic (exact) mass is 317 g/mol. The zero-order valence-electron chi connectivity index (χ0n) is 11.9. The molecule has 1 amide bonds. The number of rotatable bonds is 2. The smallest absolute Gasteiger partial charge is 0.265 e. The van der Waals surface area contributed by atoms with Gasteiger partial charge in [0.05, 0.1) is 5.56 Å². The molecular weight excluding hydrogens is 306 g/mol. The van der Waals surface area contributed by atoms with Crippen molar-refractivity contribution in [3.8, 4) is 0 Å². The standard InChI is InChI=1S/C15H12ClN3O3/c1-8-11(12-14(22-8)17-7-19(2)15(12)21)13(20)18-10-5-3-9(16)4-6-10/h3-7H,1-2H3,(H,18,20). The van der Waals surface area contributed by atoms with Crippen LogP contribution < -0.4 is 10.9 Å². The molecule has 0 aliphatic heterocycles. The van der Waals surface area contributed by atoms with E-state index >= 15 is 0 Å². The first-order chi connectivity index (χ1) is 10.5. The minimum absolute atomic E-state index is 0.154. The average molecular weight is 318 g/mol. The molecule has 0 aliphatic rings. The van der Waals surface area contributed by atoms with Crippen LogP contribution in [0.15, 0.2) is 39.8 Å². The third-order valence-electron chi connectivity index (χ3n) is 3.28. The third-order valence-corrected chi connectivity index (χ3v) is 3.53. The molecule has 3 aromatic rings. The van der Waals surface area contributed by atoms with E-state index in [9.17, 15) is 9.59 Å². The van der Waals surface area contributed by atoms with Gasteiger partial charge in [-0.25, -0.2) is 4.98 Å². The second-order valence-electron chi connectivity index (χ2n) is 4.84. The highest BCUT2D eigenvalue weighted by Gasteiger charge is 2.22. The molecule has 7 heteroatoms. The number of anilines is 1. The van der Waals surface area contributed by atoms with Crippen LogP contribution >= 0.6 is 11.6 Å². The molecule has 3 rings (SSSR count). The first kappa shape index (κ1) is 14.3. The summed E-state index contributed by atoms with van der Waals surface area (Å²) in [6.07, 6.45) is 1.36. The van der Waals surface area contributed by atoms with Crippen molar-refractivity contribution in [1.29, 1.82) is 0 Å². The summed E-state index contributed by atoms with van der Waals surface area (Å²) in [7, 11) is 1.57. The fraction of sp³-hybridized carbons (Fsp3) is 0.133. The van der Waals surface area contributed by atoms with E-state index in [2.05, 4.69) is 10.3 Å². The van der Waals surface area contributed by atoms with Gasteiger partial charge in [0.15, 0.2) is 0 Å². The van der Waals surface area contributed by atoms with Gasteiger partial charge in [-0.15, -0.1) is 0 Å². The predicted octanol–water partition coefficient (Wildman–Crippen LogP) is 2.74. The fourth-order valence-corrected chi connectivity index (χ4v) is 2.31. The molecule has 0 bridgehead atoms. The van der Waals surface area contributed by atoms with E-state index in [0.29, 0.717) is 16.5 Å². The number of nitrogens with one attached hydrogen (secondary N) is 1. The van der Waals surface area contributed by atoms with Crippen LogP contribution in [0.25, 0.3) is 11.1 Å². The topological polar surface area (TPSA) is 77.1 Å². The van der Waals surface area contributed by atoms with E-state index in [4.69, 9.17) is 16.0 Å². The van der Waals surface area contributed by atoms with Crippen molar-refractivity contribution in [2.24, 2.45) is 7.05 Å². The summed E-state index contributed by atoms with van der Waals surface area (Å²) < 4.78 is 6.71. The lowest BCUT2D eigenvalue weighted by Gasteiger charge is -2.04. The number of carbonyl (C=O) groups excluding carboxylic acids is 1. The van der Waals surface area contributed by atoms with E-state index in [-0.39, 0.29) is 22.2 Å². The lowest BCUT2D eigenvalue weighted by molar-refractivity contribution is 0.102. The van der Waals surface area contributed by atoms with E-state index in [1.807, 2.05) is 0 Å². The zero-order chi connectivity index (χ0) is 15.9. The van der Waals surface area contributed by atoms with Gasteiger partial charge in [-0.05, 0) is 31.2 Å². The van der Waals surface area contributed by atoms with Gasteiger partial charge < -0.3 is 14.3 Å². The van der Waals surface area contributed by atoms with Gasteiger partial charge in [-0.3, -0.25) is 9.59 Å². The molecule has 0 spiro atoms.